The number of ether oxygens (including phenoxy) is 7. The second kappa shape index (κ2) is 15.5. The molecule has 13 nitrogen and oxygen atoms in total. The molecule has 0 saturated heterocycles. The van der Waals surface area contributed by atoms with Crippen molar-refractivity contribution < 1.29 is 47.9 Å². The average Bonchev–Trinajstić information content (AvgIpc) is 3.44. The third-order valence-corrected chi connectivity index (χ3v) is 8.08. The molecule has 2 aliphatic heterocycles. The summed E-state index contributed by atoms with van der Waals surface area (Å²) in [5, 5.41) is 11.9. The summed E-state index contributed by atoms with van der Waals surface area (Å²) in [5.74, 6) is 1.89. The quantitative estimate of drug-likeness (QED) is 0.0821. The second-order valence-corrected chi connectivity index (χ2v) is 10.8. The smallest absolute Gasteiger partial charge is 0.458 e. The van der Waals surface area contributed by atoms with E-state index in [4.69, 9.17) is 44.6 Å². The van der Waals surface area contributed by atoms with Gasteiger partial charge in [0.2, 0.25) is 0 Å². The molecule has 0 amide bonds. The van der Waals surface area contributed by atoms with Crippen molar-refractivity contribution in [2.24, 2.45) is 0 Å². The highest BCUT2D eigenvalue weighted by atomic mass is 16.7. The van der Waals surface area contributed by atoms with Crippen molar-refractivity contribution in [3.05, 3.63) is 56.9 Å². The Morgan fingerprint density at radius 3 is 2.34 bits per heavy atom. The number of carbonyl (C=O) groups excluding carboxylic acids is 2. The number of aliphatic hydroxyl groups is 1. The van der Waals surface area contributed by atoms with Crippen LogP contribution >= 0.6 is 0 Å². The lowest BCUT2D eigenvalue weighted by Gasteiger charge is -2.31. The van der Waals surface area contributed by atoms with Crippen LogP contribution < -0.4 is 10.3 Å². The fraction of sp³-hybridized carbons (Fsp3) is 0.471. The zero-order valence-electron chi connectivity index (χ0n) is 26.5. The lowest BCUT2D eigenvalue weighted by atomic mass is 9.86. The first-order chi connectivity index (χ1) is 22.8. The minimum Gasteiger partial charge on any atom is -0.458 e. The molecule has 0 radical (unpaired) electrons. The maximum atomic E-state index is 13.5. The van der Waals surface area contributed by atoms with E-state index in [1.165, 1.54) is 0 Å². The molecule has 250 valence electrons. The van der Waals surface area contributed by atoms with Gasteiger partial charge in [0, 0.05) is 16.5 Å². The van der Waals surface area contributed by atoms with Crippen molar-refractivity contribution in [2.45, 2.75) is 45.4 Å². The van der Waals surface area contributed by atoms with Gasteiger partial charge in [0.25, 0.3) is 5.56 Å². The van der Waals surface area contributed by atoms with Gasteiger partial charge in [-0.2, -0.15) is 0 Å². The van der Waals surface area contributed by atoms with Crippen LogP contribution in [-0.4, -0.2) is 86.2 Å². The van der Waals surface area contributed by atoms with E-state index >= 15 is 0 Å². The van der Waals surface area contributed by atoms with Crippen molar-refractivity contribution >= 4 is 23.0 Å². The number of aryl methyl sites for hydroxylation is 1. The number of benzene rings is 1. The van der Waals surface area contributed by atoms with Gasteiger partial charge in [-0.15, -0.1) is 6.42 Å². The van der Waals surface area contributed by atoms with E-state index in [9.17, 15) is 19.5 Å². The predicted molar refractivity (Wildman–Crippen MR) is 168 cm³/mol. The van der Waals surface area contributed by atoms with Gasteiger partial charge in [-0.25, -0.2) is 14.6 Å². The van der Waals surface area contributed by atoms with E-state index in [-0.39, 0.29) is 61.8 Å². The third-order valence-electron chi connectivity index (χ3n) is 8.08. The third kappa shape index (κ3) is 7.32. The monoisotopic (exact) mass is 650 g/mol. The van der Waals surface area contributed by atoms with Crippen molar-refractivity contribution in [2.75, 3.05) is 59.5 Å². The Hall–Kier alpha value is -4.32. The number of aromatic nitrogens is 2. The Kier molecular flexibility index (Phi) is 11.2. The minimum absolute atomic E-state index is 0.00321. The van der Waals surface area contributed by atoms with Crippen molar-refractivity contribution in [3.8, 4) is 29.5 Å². The summed E-state index contributed by atoms with van der Waals surface area (Å²) in [5.41, 5.74) is 1.89. The highest BCUT2D eigenvalue weighted by molar-refractivity contribution is 5.90. The van der Waals surface area contributed by atoms with Crippen LogP contribution in [0.5, 0.6) is 5.75 Å². The highest BCUT2D eigenvalue weighted by Crippen LogP contribution is 2.40. The van der Waals surface area contributed by atoms with Crippen LogP contribution in [0.1, 0.15) is 42.5 Å². The van der Waals surface area contributed by atoms with E-state index in [0.717, 1.165) is 16.5 Å². The summed E-state index contributed by atoms with van der Waals surface area (Å²) in [6.45, 7) is 6.61. The molecule has 1 N–H and O–H groups in total. The van der Waals surface area contributed by atoms with Gasteiger partial charge < -0.3 is 42.8 Å². The van der Waals surface area contributed by atoms with Gasteiger partial charge in [0.1, 0.15) is 25.6 Å². The van der Waals surface area contributed by atoms with Crippen molar-refractivity contribution in [3.63, 3.8) is 0 Å². The number of pyridine rings is 2. The Balaban J connectivity index is 1.16. The molecule has 0 bridgehead atoms. The molecule has 3 aromatic rings. The molecule has 0 fully saturated rings. The molecule has 1 aromatic carbocycles. The van der Waals surface area contributed by atoms with E-state index in [2.05, 4.69) is 5.92 Å². The molecule has 5 rings (SSSR count). The Bertz CT molecular complexity index is 1730. The number of terminal acetylenes is 1. The Morgan fingerprint density at radius 2 is 1.68 bits per heavy atom. The number of carbonyl (C=O) groups is 2. The molecule has 0 unspecified atom stereocenters. The van der Waals surface area contributed by atoms with Crippen LogP contribution in [0.3, 0.4) is 0 Å². The molecule has 0 saturated carbocycles. The van der Waals surface area contributed by atoms with E-state index in [1.54, 1.807) is 35.8 Å². The molecule has 4 heterocycles. The standard InChI is InChI=1S/C34H38N2O11/c1-4-9-41-10-11-42-12-13-43-14-15-44-16-17-45-33(39)47-22-7-8-28-24(18-22)23(5-2)25-20-36-29(30(25)35-28)19-27-26(31(36)37)21-46-32(38)34(27,40)6-3/h1,7-8,18-19,40H,5-6,9-17,20-21H2,2-3H3/t34-/m0/s1. The zero-order chi connectivity index (χ0) is 33.4. The summed E-state index contributed by atoms with van der Waals surface area (Å²) < 4.78 is 38.6. The van der Waals surface area contributed by atoms with Gasteiger partial charge in [-0.1, -0.05) is 19.8 Å². The van der Waals surface area contributed by atoms with Crippen LogP contribution in [0.15, 0.2) is 29.1 Å². The molecule has 2 aromatic heterocycles. The van der Waals surface area contributed by atoms with E-state index < -0.39 is 17.7 Å². The molecule has 1 atom stereocenters. The number of hydrogen-bond acceptors (Lipinski definition) is 12. The topological polar surface area (TPSA) is 154 Å². The van der Waals surface area contributed by atoms with Gasteiger partial charge in [-0.3, -0.25) is 4.79 Å². The first-order valence-electron chi connectivity index (χ1n) is 15.5. The average molecular weight is 651 g/mol. The fourth-order valence-electron chi connectivity index (χ4n) is 5.71. The first-order valence-corrected chi connectivity index (χ1v) is 15.5. The maximum Gasteiger partial charge on any atom is 0.513 e. The number of hydrogen-bond donors (Lipinski definition) is 1. The summed E-state index contributed by atoms with van der Waals surface area (Å²) in [6, 6.07) is 6.76. The van der Waals surface area contributed by atoms with Crippen molar-refractivity contribution in [1.82, 2.24) is 9.55 Å². The molecular weight excluding hydrogens is 612 g/mol. The molecule has 47 heavy (non-hydrogen) atoms. The minimum atomic E-state index is -1.90. The van der Waals surface area contributed by atoms with E-state index in [0.29, 0.717) is 63.0 Å². The van der Waals surface area contributed by atoms with Gasteiger partial charge >= 0.3 is 12.1 Å². The molecule has 2 aliphatic rings. The first kappa shape index (κ1) is 34.0. The number of fused-ring (bicyclic) bond motifs is 5. The predicted octanol–water partition coefficient (Wildman–Crippen LogP) is 2.86. The summed E-state index contributed by atoms with van der Waals surface area (Å²) >= 11 is 0. The van der Waals surface area contributed by atoms with Crippen LogP contribution in [0.25, 0.3) is 22.3 Å². The Labute approximate surface area is 271 Å². The molecule has 0 spiro atoms. The second-order valence-electron chi connectivity index (χ2n) is 10.8. The van der Waals surface area contributed by atoms with Crippen LogP contribution in [0, 0.1) is 12.3 Å². The summed E-state index contributed by atoms with van der Waals surface area (Å²) in [4.78, 5) is 43.2. The van der Waals surface area contributed by atoms with Gasteiger partial charge in [0.05, 0.1) is 75.3 Å². The molecular formula is C34H38N2O11. The Morgan fingerprint density at radius 1 is 1.00 bits per heavy atom. The maximum absolute atomic E-state index is 13.5. The lowest BCUT2D eigenvalue weighted by Crippen LogP contribution is -2.44. The fourth-order valence-corrected chi connectivity index (χ4v) is 5.71. The summed E-state index contributed by atoms with van der Waals surface area (Å²) in [6.07, 6.45) is 4.90. The van der Waals surface area contributed by atoms with E-state index in [1.807, 2.05) is 6.92 Å². The lowest BCUT2D eigenvalue weighted by molar-refractivity contribution is -0.172. The molecule has 0 aliphatic carbocycles. The SMILES string of the molecule is C#CCOCCOCCOCCOCCOC(=O)Oc1ccc2nc3c(c(CC)c2c1)Cn1c-3cc2c(c1=O)COC(=O)[C@]2(O)CC. The number of rotatable bonds is 16. The van der Waals surface area contributed by atoms with Gasteiger partial charge in [-0.05, 0) is 42.7 Å². The summed E-state index contributed by atoms with van der Waals surface area (Å²) in [7, 11) is 0. The number of nitrogens with zero attached hydrogens (tertiary/aromatic N) is 2. The van der Waals surface area contributed by atoms with Gasteiger partial charge in [0.15, 0.2) is 5.60 Å². The highest BCUT2D eigenvalue weighted by Gasteiger charge is 2.45. The zero-order valence-corrected chi connectivity index (χ0v) is 26.5. The van der Waals surface area contributed by atoms with Crippen LogP contribution in [0.2, 0.25) is 0 Å². The van der Waals surface area contributed by atoms with Crippen LogP contribution in [0.4, 0.5) is 4.79 Å². The largest absolute Gasteiger partial charge is 0.513 e. The number of cyclic esters (lactones) is 1. The molecule has 13 heteroatoms. The normalized spacial score (nSPS) is 16.3. The van der Waals surface area contributed by atoms with Crippen molar-refractivity contribution in [1.29, 1.82) is 0 Å². The number of esters is 1. The van der Waals surface area contributed by atoms with Crippen LogP contribution in [-0.2, 0) is 58.4 Å².